The first-order valence-corrected chi connectivity index (χ1v) is 12.7. The molecule has 0 amide bonds. The Balaban J connectivity index is 1.42. The van der Waals surface area contributed by atoms with E-state index >= 15 is 0 Å². The number of alkyl halides is 5. The van der Waals surface area contributed by atoms with Gasteiger partial charge in [-0.1, -0.05) is 17.7 Å². The minimum atomic E-state index is -4.77. The number of aromatic nitrogens is 3. The average Bonchev–Trinajstić information content (AvgIpc) is 3.22. The Hall–Kier alpha value is -4.04. The first-order valence-electron chi connectivity index (χ1n) is 12.4. The molecule has 15 heteroatoms. The van der Waals surface area contributed by atoms with Gasteiger partial charge >= 0.3 is 18.8 Å². The number of ether oxygens (including phenoxy) is 2. The number of imidazole rings is 1. The number of carboxylic acid groups (broad SMARTS) is 1. The van der Waals surface area contributed by atoms with E-state index in [9.17, 15) is 36.2 Å². The molecule has 222 valence electrons. The number of nitrogens with zero attached hydrogens (tertiary/aromatic N) is 4. The second-order valence-electron chi connectivity index (χ2n) is 9.54. The van der Waals surface area contributed by atoms with Gasteiger partial charge in [0.25, 0.3) is 0 Å². The van der Waals surface area contributed by atoms with E-state index in [2.05, 4.69) is 14.7 Å². The molecule has 4 aromatic rings. The number of halogens is 7. The number of hydrogen-bond donors (Lipinski definition) is 1. The van der Waals surface area contributed by atoms with Crippen LogP contribution in [0, 0.1) is 5.82 Å². The average molecular weight is 615 g/mol. The highest BCUT2D eigenvalue weighted by molar-refractivity contribution is 6.30. The smallest absolute Gasteiger partial charge is 0.421 e. The molecule has 1 aliphatic heterocycles. The van der Waals surface area contributed by atoms with Gasteiger partial charge in [0, 0.05) is 30.7 Å². The van der Waals surface area contributed by atoms with Gasteiger partial charge in [0.15, 0.2) is 5.75 Å². The zero-order valence-electron chi connectivity index (χ0n) is 21.7. The minimum absolute atomic E-state index is 0.00299. The summed E-state index contributed by atoms with van der Waals surface area (Å²) in [6.07, 6.45) is -4.56. The van der Waals surface area contributed by atoms with E-state index < -0.39 is 48.4 Å². The number of aromatic carboxylic acids is 1. The summed E-state index contributed by atoms with van der Waals surface area (Å²) in [5.41, 5.74) is -0.390. The zero-order valence-corrected chi connectivity index (χ0v) is 22.4. The van der Waals surface area contributed by atoms with Crippen molar-refractivity contribution >= 4 is 28.6 Å². The SMILES string of the molecule is Cn1c(CN2CCc3cc(C(F)(F)F)c(OCc4ccc(Cl)cc4F)nc3C2)nc2c(OC(F)F)cc(C(=O)O)cc21. The molecule has 0 fully saturated rings. The molecule has 0 unspecified atom stereocenters. The van der Waals surface area contributed by atoms with Crippen LogP contribution in [0.3, 0.4) is 0 Å². The Morgan fingerprint density at radius 3 is 2.60 bits per heavy atom. The van der Waals surface area contributed by atoms with Crippen LogP contribution in [0.1, 0.15) is 38.6 Å². The number of fused-ring (bicyclic) bond motifs is 2. The topological polar surface area (TPSA) is 89.7 Å². The van der Waals surface area contributed by atoms with Crippen LogP contribution in [0.5, 0.6) is 11.6 Å². The third-order valence-corrected chi connectivity index (χ3v) is 7.02. The number of benzene rings is 2. The molecule has 1 N–H and O–H groups in total. The second-order valence-corrected chi connectivity index (χ2v) is 9.98. The molecule has 5 rings (SSSR count). The predicted molar refractivity (Wildman–Crippen MR) is 137 cm³/mol. The fourth-order valence-electron chi connectivity index (χ4n) is 4.68. The van der Waals surface area contributed by atoms with Crippen molar-refractivity contribution in [2.24, 2.45) is 7.05 Å². The summed E-state index contributed by atoms with van der Waals surface area (Å²) in [4.78, 5) is 21.9. The first-order chi connectivity index (χ1) is 19.8. The fraction of sp³-hybridized carbons (Fsp3) is 0.296. The Morgan fingerprint density at radius 1 is 1.17 bits per heavy atom. The molecule has 0 saturated heterocycles. The van der Waals surface area contributed by atoms with Crippen LogP contribution in [-0.4, -0.2) is 43.7 Å². The standard InChI is InChI=1S/C27H21ClF6N4O4/c1-37-20-7-15(25(39)40)8-21(42-26(30)31)23(20)36-22(37)11-38-5-4-13-6-17(27(32,33)34)24(35-19(13)10-38)41-12-14-2-3-16(28)9-18(14)29/h2-3,6-9,26H,4-5,10-12H2,1H3,(H,39,40). The third-order valence-electron chi connectivity index (χ3n) is 6.78. The highest BCUT2D eigenvalue weighted by atomic mass is 35.5. The van der Waals surface area contributed by atoms with E-state index in [0.29, 0.717) is 23.6 Å². The van der Waals surface area contributed by atoms with Gasteiger partial charge in [0.05, 0.1) is 23.3 Å². The molecule has 2 aromatic heterocycles. The molecule has 8 nitrogen and oxygen atoms in total. The quantitative estimate of drug-likeness (QED) is 0.236. The van der Waals surface area contributed by atoms with Gasteiger partial charge in [-0.2, -0.15) is 22.0 Å². The van der Waals surface area contributed by atoms with Crippen LogP contribution in [0.2, 0.25) is 5.02 Å². The second kappa shape index (κ2) is 11.3. The Morgan fingerprint density at radius 2 is 1.93 bits per heavy atom. The maximum absolute atomic E-state index is 14.2. The van der Waals surface area contributed by atoms with Crippen molar-refractivity contribution in [2.75, 3.05) is 6.54 Å². The van der Waals surface area contributed by atoms with E-state index in [1.807, 2.05) is 4.90 Å². The number of carboxylic acids is 1. The first kappa shape index (κ1) is 29.5. The van der Waals surface area contributed by atoms with Crippen molar-refractivity contribution in [2.45, 2.75) is 38.9 Å². The summed E-state index contributed by atoms with van der Waals surface area (Å²) in [5, 5.41) is 9.51. The summed E-state index contributed by atoms with van der Waals surface area (Å²) in [7, 11) is 1.58. The summed E-state index contributed by atoms with van der Waals surface area (Å²) in [6.45, 7) is -3.16. The van der Waals surface area contributed by atoms with Crippen LogP contribution in [0.4, 0.5) is 26.3 Å². The lowest BCUT2D eigenvalue weighted by Gasteiger charge is -2.28. The van der Waals surface area contributed by atoms with E-state index in [-0.39, 0.29) is 46.7 Å². The molecule has 42 heavy (non-hydrogen) atoms. The van der Waals surface area contributed by atoms with Crippen molar-refractivity contribution in [3.63, 3.8) is 0 Å². The summed E-state index contributed by atoms with van der Waals surface area (Å²) in [6, 6.07) is 6.94. The molecule has 3 heterocycles. The molecule has 0 atom stereocenters. The maximum atomic E-state index is 14.2. The molecule has 0 saturated carbocycles. The van der Waals surface area contributed by atoms with Crippen molar-refractivity contribution in [3.8, 4) is 11.6 Å². The molecule has 2 aromatic carbocycles. The molecular formula is C27H21ClF6N4O4. The number of rotatable bonds is 8. The number of carbonyl (C=O) groups is 1. The van der Waals surface area contributed by atoms with E-state index in [1.54, 1.807) is 7.05 Å². The number of hydrogen-bond acceptors (Lipinski definition) is 6. The molecular weight excluding hydrogens is 594 g/mol. The molecule has 0 bridgehead atoms. The lowest BCUT2D eigenvalue weighted by Crippen LogP contribution is -2.32. The summed E-state index contributed by atoms with van der Waals surface area (Å²) in [5.74, 6) is -2.80. The van der Waals surface area contributed by atoms with Gasteiger partial charge in [-0.25, -0.2) is 19.2 Å². The van der Waals surface area contributed by atoms with E-state index in [0.717, 1.165) is 18.2 Å². The van der Waals surface area contributed by atoms with Gasteiger partial charge in [-0.05, 0) is 42.3 Å². The predicted octanol–water partition coefficient (Wildman–Crippen LogP) is 6.22. The van der Waals surface area contributed by atoms with Crippen LogP contribution in [0.25, 0.3) is 11.0 Å². The van der Waals surface area contributed by atoms with Gasteiger partial charge in [-0.15, -0.1) is 0 Å². The maximum Gasteiger partial charge on any atom is 0.421 e. The number of aryl methyl sites for hydroxylation is 1. The van der Waals surface area contributed by atoms with Crippen LogP contribution in [0.15, 0.2) is 36.4 Å². The van der Waals surface area contributed by atoms with Gasteiger partial charge in [0.2, 0.25) is 5.88 Å². The van der Waals surface area contributed by atoms with Crippen molar-refractivity contribution in [3.05, 3.63) is 81.0 Å². The van der Waals surface area contributed by atoms with Crippen molar-refractivity contribution < 1.29 is 45.7 Å². The number of pyridine rings is 1. The van der Waals surface area contributed by atoms with Gasteiger partial charge in [0.1, 0.15) is 29.3 Å². The third kappa shape index (κ3) is 6.09. The largest absolute Gasteiger partial charge is 0.478 e. The van der Waals surface area contributed by atoms with Crippen LogP contribution < -0.4 is 9.47 Å². The van der Waals surface area contributed by atoms with Crippen molar-refractivity contribution in [1.82, 2.24) is 19.4 Å². The Kier molecular flexibility index (Phi) is 7.94. The Labute approximate surface area is 239 Å². The molecule has 0 spiro atoms. The lowest BCUT2D eigenvalue weighted by atomic mass is 10.0. The van der Waals surface area contributed by atoms with Crippen LogP contribution in [-0.2, 0) is 39.3 Å². The summed E-state index contributed by atoms with van der Waals surface area (Å²) < 4.78 is 93.1. The molecule has 0 radical (unpaired) electrons. The summed E-state index contributed by atoms with van der Waals surface area (Å²) >= 11 is 5.74. The van der Waals surface area contributed by atoms with Gasteiger partial charge < -0.3 is 19.1 Å². The fourth-order valence-corrected chi connectivity index (χ4v) is 4.84. The lowest BCUT2D eigenvalue weighted by molar-refractivity contribution is -0.139. The zero-order chi connectivity index (χ0) is 30.3. The molecule has 0 aliphatic carbocycles. The highest BCUT2D eigenvalue weighted by Gasteiger charge is 2.37. The van der Waals surface area contributed by atoms with Gasteiger partial charge in [-0.3, -0.25) is 4.90 Å². The van der Waals surface area contributed by atoms with Crippen molar-refractivity contribution in [1.29, 1.82) is 0 Å². The van der Waals surface area contributed by atoms with E-state index in [4.69, 9.17) is 16.3 Å². The Bertz CT molecular complexity index is 1680. The minimum Gasteiger partial charge on any atom is -0.478 e. The monoisotopic (exact) mass is 614 g/mol. The van der Waals surface area contributed by atoms with Crippen LogP contribution >= 0.6 is 11.6 Å². The normalized spacial score (nSPS) is 13.9. The molecule has 1 aliphatic rings. The highest BCUT2D eigenvalue weighted by Crippen LogP contribution is 2.38. The van der Waals surface area contributed by atoms with E-state index in [1.165, 1.54) is 22.8 Å².